The minimum Gasteiger partial charge on any atom is -0.292 e. The van der Waals surface area contributed by atoms with Gasteiger partial charge in [0, 0.05) is 18.9 Å². The van der Waals surface area contributed by atoms with Gasteiger partial charge in [0.05, 0.1) is 12.6 Å². The monoisotopic (exact) mass is 110 g/mol. The first-order valence-corrected chi connectivity index (χ1v) is 2.89. The molecule has 2 heteroatoms. The summed E-state index contributed by atoms with van der Waals surface area (Å²) in [5.41, 5.74) is 0. The van der Waals surface area contributed by atoms with Gasteiger partial charge in [-0.3, -0.25) is 9.98 Å². The molecule has 0 bridgehead atoms. The number of hydrogen-bond donors (Lipinski definition) is 0. The fourth-order valence-electron chi connectivity index (χ4n) is 0.637. The molecule has 0 saturated heterocycles. The Balaban J connectivity index is 2.48. The fourth-order valence-corrected chi connectivity index (χ4v) is 0.637. The van der Waals surface area contributed by atoms with Crippen molar-refractivity contribution in [2.24, 2.45) is 9.98 Å². The highest BCUT2D eigenvalue weighted by Crippen LogP contribution is 1.94. The third-order valence-corrected chi connectivity index (χ3v) is 1.12. The van der Waals surface area contributed by atoms with Gasteiger partial charge in [0.1, 0.15) is 0 Å². The topological polar surface area (TPSA) is 24.7 Å². The second-order valence-electron chi connectivity index (χ2n) is 1.96. The zero-order valence-corrected chi connectivity index (χ0v) is 5.04. The van der Waals surface area contributed by atoms with Crippen LogP contribution in [-0.2, 0) is 0 Å². The van der Waals surface area contributed by atoms with Crippen LogP contribution in [0.4, 0.5) is 0 Å². The van der Waals surface area contributed by atoms with Gasteiger partial charge in [0.25, 0.3) is 0 Å². The van der Waals surface area contributed by atoms with Crippen molar-refractivity contribution in [2.75, 3.05) is 6.54 Å². The van der Waals surface area contributed by atoms with E-state index >= 15 is 0 Å². The van der Waals surface area contributed by atoms with Crippen LogP contribution in [0, 0.1) is 0 Å². The van der Waals surface area contributed by atoms with E-state index in [4.69, 9.17) is 0 Å². The molecule has 0 amide bonds. The molecule has 1 unspecified atom stereocenters. The molecular formula is C6H10N2. The molecule has 1 atom stereocenters. The summed E-state index contributed by atoms with van der Waals surface area (Å²) < 4.78 is 0. The Labute approximate surface area is 49.3 Å². The minimum absolute atomic E-state index is 0.446. The summed E-state index contributed by atoms with van der Waals surface area (Å²) in [5.74, 6) is 0. The van der Waals surface area contributed by atoms with Gasteiger partial charge in [0.2, 0.25) is 0 Å². The molecule has 0 aromatic rings. The number of nitrogens with zero attached hydrogens (tertiary/aromatic N) is 2. The van der Waals surface area contributed by atoms with E-state index in [0.29, 0.717) is 6.04 Å². The van der Waals surface area contributed by atoms with Crippen LogP contribution in [0.2, 0.25) is 0 Å². The van der Waals surface area contributed by atoms with Crippen LogP contribution in [-0.4, -0.2) is 25.0 Å². The van der Waals surface area contributed by atoms with E-state index in [1.165, 1.54) is 0 Å². The van der Waals surface area contributed by atoms with Gasteiger partial charge in [0.15, 0.2) is 0 Å². The van der Waals surface area contributed by atoms with E-state index in [9.17, 15) is 0 Å². The quantitative estimate of drug-likeness (QED) is 0.443. The molecule has 0 saturated carbocycles. The highest BCUT2D eigenvalue weighted by molar-refractivity contribution is 5.68. The first-order valence-electron chi connectivity index (χ1n) is 2.89. The van der Waals surface area contributed by atoms with Gasteiger partial charge in [-0.25, -0.2) is 0 Å². The maximum atomic E-state index is 4.17. The molecule has 1 heterocycles. The lowest BCUT2D eigenvalue weighted by molar-refractivity contribution is 0.796. The molecule has 0 N–H and O–H groups in total. The largest absolute Gasteiger partial charge is 0.292 e. The molecule has 0 aromatic carbocycles. The van der Waals surface area contributed by atoms with Crippen molar-refractivity contribution in [3.05, 3.63) is 0 Å². The standard InChI is InChI=1S/C6H10N2/c1-6-2-3-7-4-5-8-6/h3,5-6H,2,4H2,1H3. The third kappa shape index (κ3) is 1.45. The predicted octanol–water partition coefficient (Wildman–Crippen LogP) is 0.920. The van der Waals surface area contributed by atoms with E-state index in [1.807, 2.05) is 12.4 Å². The van der Waals surface area contributed by atoms with Crippen molar-refractivity contribution < 1.29 is 0 Å². The Bertz CT molecular complexity index is 116. The van der Waals surface area contributed by atoms with Crippen LogP contribution in [0.1, 0.15) is 13.3 Å². The minimum atomic E-state index is 0.446. The maximum absolute atomic E-state index is 4.17. The van der Waals surface area contributed by atoms with E-state index < -0.39 is 0 Å². The first kappa shape index (κ1) is 5.48. The van der Waals surface area contributed by atoms with Gasteiger partial charge in [-0.15, -0.1) is 0 Å². The molecule has 2 nitrogen and oxygen atoms in total. The van der Waals surface area contributed by atoms with Crippen LogP contribution >= 0.6 is 0 Å². The third-order valence-electron chi connectivity index (χ3n) is 1.12. The Morgan fingerprint density at radius 1 is 1.50 bits per heavy atom. The van der Waals surface area contributed by atoms with Gasteiger partial charge in [-0.2, -0.15) is 0 Å². The lowest BCUT2D eigenvalue weighted by Gasteiger charge is -1.94. The Morgan fingerprint density at radius 2 is 2.38 bits per heavy atom. The summed E-state index contributed by atoms with van der Waals surface area (Å²) in [4.78, 5) is 8.22. The lowest BCUT2D eigenvalue weighted by Crippen LogP contribution is -1.95. The van der Waals surface area contributed by atoms with Gasteiger partial charge < -0.3 is 0 Å². The highest BCUT2D eigenvalue weighted by Gasteiger charge is 1.95. The van der Waals surface area contributed by atoms with Crippen molar-refractivity contribution in [3.8, 4) is 0 Å². The summed E-state index contributed by atoms with van der Waals surface area (Å²) in [6.45, 7) is 2.86. The van der Waals surface area contributed by atoms with Crippen LogP contribution in [0.25, 0.3) is 0 Å². The molecule has 1 aliphatic heterocycles. The van der Waals surface area contributed by atoms with E-state index in [2.05, 4.69) is 16.9 Å². The number of rotatable bonds is 0. The summed E-state index contributed by atoms with van der Waals surface area (Å²) in [6.07, 6.45) is 4.81. The van der Waals surface area contributed by atoms with Crippen LogP contribution < -0.4 is 0 Å². The molecule has 0 spiro atoms. The second-order valence-corrected chi connectivity index (χ2v) is 1.96. The summed E-state index contributed by atoms with van der Waals surface area (Å²) in [6, 6.07) is 0.446. The van der Waals surface area contributed by atoms with Crippen molar-refractivity contribution in [1.29, 1.82) is 0 Å². The van der Waals surface area contributed by atoms with Gasteiger partial charge in [-0.1, -0.05) is 0 Å². The summed E-state index contributed by atoms with van der Waals surface area (Å²) >= 11 is 0. The second kappa shape index (κ2) is 2.60. The van der Waals surface area contributed by atoms with Crippen molar-refractivity contribution in [3.63, 3.8) is 0 Å². The highest BCUT2D eigenvalue weighted by atomic mass is 14.8. The molecule has 0 aliphatic carbocycles. The Hall–Kier alpha value is -0.660. The zero-order valence-electron chi connectivity index (χ0n) is 5.04. The normalized spacial score (nSPS) is 27.9. The van der Waals surface area contributed by atoms with Gasteiger partial charge >= 0.3 is 0 Å². The van der Waals surface area contributed by atoms with Crippen molar-refractivity contribution in [1.82, 2.24) is 0 Å². The summed E-state index contributed by atoms with van der Waals surface area (Å²) in [7, 11) is 0. The zero-order chi connectivity index (χ0) is 5.82. The maximum Gasteiger partial charge on any atom is 0.0734 e. The molecule has 0 radical (unpaired) electrons. The Morgan fingerprint density at radius 3 is 3.25 bits per heavy atom. The molecule has 8 heavy (non-hydrogen) atoms. The molecular weight excluding hydrogens is 100 g/mol. The van der Waals surface area contributed by atoms with Crippen LogP contribution in [0.15, 0.2) is 9.98 Å². The van der Waals surface area contributed by atoms with E-state index in [-0.39, 0.29) is 0 Å². The average molecular weight is 110 g/mol. The smallest absolute Gasteiger partial charge is 0.0734 e. The number of hydrogen-bond acceptors (Lipinski definition) is 2. The van der Waals surface area contributed by atoms with Crippen molar-refractivity contribution >= 4 is 12.4 Å². The Kier molecular flexibility index (Phi) is 1.78. The van der Waals surface area contributed by atoms with E-state index in [0.717, 1.165) is 13.0 Å². The van der Waals surface area contributed by atoms with Crippen molar-refractivity contribution in [2.45, 2.75) is 19.4 Å². The number of aliphatic imine (C=N–C) groups is 2. The lowest BCUT2D eigenvalue weighted by atomic mass is 10.3. The molecule has 0 aromatic heterocycles. The molecule has 1 aliphatic rings. The molecule has 0 fully saturated rings. The summed E-state index contributed by atoms with van der Waals surface area (Å²) in [5, 5.41) is 0. The van der Waals surface area contributed by atoms with E-state index in [1.54, 1.807) is 0 Å². The fraction of sp³-hybridized carbons (Fsp3) is 0.667. The van der Waals surface area contributed by atoms with Gasteiger partial charge in [-0.05, 0) is 6.92 Å². The average Bonchev–Trinajstić information content (AvgIpc) is 1.94. The van der Waals surface area contributed by atoms with Crippen LogP contribution in [0.5, 0.6) is 0 Å². The SMILES string of the molecule is CC1CC=NCC=N1. The first-order chi connectivity index (χ1) is 3.89. The molecule has 1 rings (SSSR count). The van der Waals surface area contributed by atoms with Crippen LogP contribution in [0.3, 0.4) is 0 Å². The predicted molar refractivity (Wildman–Crippen MR) is 35.9 cm³/mol. The molecule has 44 valence electrons.